The van der Waals surface area contributed by atoms with Crippen LogP contribution in [0.5, 0.6) is 5.75 Å². The summed E-state index contributed by atoms with van der Waals surface area (Å²) in [7, 11) is 1.78. The molecule has 4 rings (SSSR count). The molecule has 1 saturated heterocycles. The second-order valence-electron chi connectivity index (χ2n) is 8.17. The molecule has 7 heteroatoms. The van der Waals surface area contributed by atoms with E-state index in [0.29, 0.717) is 44.9 Å². The molecule has 2 heterocycles. The monoisotopic (exact) mass is 434 g/mol. The number of ether oxygens (including phenoxy) is 1. The van der Waals surface area contributed by atoms with Gasteiger partial charge in [0.05, 0.1) is 17.6 Å². The van der Waals surface area contributed by atoms with Crippen molar-refractivity contribution in [3.05, 3.63) is 64.4 Å². The fourth-order valence-corrected chi connectivity index (χ4v) is 4.22. The maximum atomic E-state index is 12.8. The number of hydrogen-bond acceptors (Lipinski definition) is 5. The zero-order valence-corrected chi connectivity index (χ0v) is 18.7. The number of fused-ring (bicyclic) bond motifs is 1. The molecule has 0 aliphatic carbocycles. The van der Waals surface area contributed by atoms with Crippen molar-refractivity contribution in [3.8, 4) is 5.75 Å². The summed E-state index contributed by atoms with van der Waals surface area (Å²) in [5.74, 6) is 1.40. The van der Waals surface area contributed by atoms with Crippen molar-refractivity contribution in [2.45, 2.75) is 26.2 Å². The van der Waals surface area contributed by atoms with Crippen LogP contribution in [0.3, 0.4) is 0 Å². The Morgan fingerprint density at radius 2 is 1.84 bits per heavy atom. The van der Waals surface area contributed by atoms with E-state index < -0.39 is 0 Å². The zero-order chi connectivity index (χ0) is 22.5. The first-order valence-electron chi connectivity index (χ1n) is 11.3. The Kier molecular flexibility index (Phi) is 6.73. The third kappa shape index (κ3) is 4.77. The minimum absolute atomic E-state index is 0.0316. The van der Waals surface area contributed by atoms with Gasteiger partial charge >= 0.3 is 0 Å². The lowest BCUT2D eigenvalue weighted by Gasteiger charge is -2.32. The second-order valence-corrected chi connectivity index (χ2v) is 8.17. The van der Waals surface area contributed by atoms with Gasteiger partial charge in [-0.3, -0.25) is 9.59 Å². The van der Waals surface area contributed by atoms with Gasteiger partial charge in [-0.25, -0.2) is 4.98 Å². The first kappa shape index (κ1) is 21.9. The fraction of sp³-hybridized carbons (Fsp3) is 0.400. The molecular formula is C25H30N4O3. The Hall–Kier alpha value is -3.35. The second kappa shape index (κ2) is 9.85. The van der Waals surface area contributed by atoms with E-state index in [4.69, 9.17) is 4.74 Å². The van der Waals surface area contributed by atoms with E-state index in [1.165, 1.54) is 5.56 Å². The predicted molar refractivity (Wildman–Crippen MR) is 126 cm³/mol. The Balaban J connectivity index is 1.30. The van der Waals surface area contributed by atoms with Crippen LogP contribution < -0.4 is 20.5 Å². The van der Waals surface area contributed by atoms with Crippen LogP contribution in [0.1, 0.15) is 25.3 Å². The molecule has 1 amide bonds. The standard InChI is InChI=1S/C25H30N4O3/c1-3-32-20-10-8-18(9-11-20)12-15-26-24(30)19-13-16-29(17-14-19)23-25(31)28(2)22-7-5-4-6-21(22)27-23/h4-11,19H,3,12-17H2,1-2H3,(H,26,30). The van der Waals surface area contributed by atoms with Gasteiger partial charge < -0.3 is 19.5 Å². The number of carbonyl (C=O) groups excluding carboxylic acids is 1. The SMILES string of the molecule is CCOc1ccc(CCNC(=O)C2CCN(c3nc4ccccc4n(C)c3=O)CC2)cc1. The van der Waals surface area contributed by atoms with Crippen molar-refractivity contribution in [1.29, 1.82) is 0 Å². The Labute approximate surface area is 188 Å². The number of rotatable bonds is 7. The number of amides is 1. The third-order valence-electron chi connectivity index (χ3n) is 6.08. The molecule has 2 aromatic carbocycles. The van der Waals surface area contributed by atoms with Gasteiger partial charge in [-0.05, 0) is 56.0 Å². The van der Waals surface area contributed by atoms with Gasteiger partial charge in [0.2, 0.25) is 5.91 Å². The van der Waals surface area contributed by atoms with E-state index in [-0.39, 0.29) is 17.4 Å². The van der Waals surface area contributed by atoms with Gasteiger partial charge in [-0.15, -0.1) is 0 Å². The smallest absolute Gasteiger partial charge is 0.293 e. The minimum Gasteiger partial charge on any atom is -0.494 e. The van der Waals surface area contributed by atoms with E-state index in [0.717, 1.165) is 23.2 Å². The quantitative estimate of drug-likeness (QED) is 0.619. The van der Waals surface area contributed by atoms with Gasteiger partial charge in [0.1, 0.15) is 5.75 Å². The molecule has 32 heavy (non-hydrogen) atoms. The van der Waals surface area contributed by atoms with Crippen molar-refractivity contribution >= 4 is 22.8 Å². The van der Waals surface area contributed by atoms with Crippen LogP contribution in [0.25, 0.3) is 11.0 Å². The zero-order valence-electron chi connectivity index (χ0n) is 18.7. The molecule has 1 fully saturated rings. The molecule has 3 aromatic rings. The maximum Gasteiger partial charge on any atom is 0.293 e. The molecule has 0 saturated carbocycles. The van der Waals surface area contributed by atoms with Gasteiger partial charge in [0, 0.05) is 32.6 Å². The Morgan fingerprint density at radius 1 is 1.12 bits per heavy atom. The Bertz CT molecular complexity index is 1130. The van der Waals surface area contributed by atoms with Gasteiger partial charge in [-0.2, -0.15) is 0 Å². The molecule has 0 unspecified atom stereocenters. The largest absolute Gasteiger partial charge is 0.494 e. The molecule has 0 atom stereocenters. The third-order valence-corrected chi connectivity index (χ3v) is 6.08. The number of piperidine rings is 1. The van der Waals surface area contributed by atoms with Crippen LogP contribution >= 0.6 is 0 Å². The normalized spacial score (nSPS) is 14.5. The molecule has 7 nitrogen and oxygen atoms in total. The summed E-state index contributed by atoms with van der Waals surface area (Å²) < 4.78 is 7.11. The van der Waals surface area contributed by atoms with Crippen molar-refractivity contribution in [1.82, 2.24) is 14.9 Å². The summed E-state index contributed by atoms with van der Waals surface area (Å²) in [6.45, 7) is 4.53. The molecule has 0 radical (unpaired) electrons. The number of aryl methyl sites for hydroxylation is 1. The average molecular weight is 435 g/mol. The van der Waals surface area contributed by atoms with Crippen LogP contribution in [-0.2, 0) is 18.3 Å². The van der Waals surface area contributed by atoms with E-state index in [1.54, 1.807) is 11.6 Å². The van der Waals surface area contributed by atoms with Crippen LogP contribution in [0.2, 0.25) is 0 Å². The number of nitrogens with one attached hydrogen (secondary N) is 1. The van der Waals surface area contributed by atoms with Gasteiger partial charge in [0.25, 0.3) is 5.56 Å². The van der Waals surface area contributed by atoms with Crippen LogP contribution in [0.15, 0.2) is 53.3 Å². The number of hydrogen-bond donors (Lipinski definition) is 1. The molecule has 168 valence electrons. The number of nitrogens with zero attached hydrogens (tertiary/aromatic N) is 3. The fourth-order valence-electron chi connectivity index (χ4n) is 4.22. The van der Waals surface area contributed by atoms with Crippen molar-refractivity contribution in [2.24, 2.45) is 13.0 Å². The number of aromatic nitrogens is 2. The Morgan fingerprint density at radius 3 is 2.56 bits per heavy atom. The van der Waals surface area contributed by atoms with Gasteiger partial charge in [0.15, 0.2) is 5.82 Å². The number of anilines is 1. The highest BCUT2D eigenvalue weighted by atomic mass is 16.5. The summed E-state index contributed by atoms with van der Waals surface area (Å²) in [5, 5.41) is 3.07. The highest BCUT2D eigenvalue weighted by Crippen LogP contribution is 2.22. The lowest BCUT2D eigenvalue weighted by Crippen LogP contribution is -2.43. The molecule has 1 aliphatic rings. The topological polar surface area (TPSA) is 76.5 Å². The molecule has 1 N–H and O–H groups in total. The minimum atomic E-state index is -0.0954. The molecule has 1 aromatic heterocycles. The average Bonchev–Trinajstić information content (AvgIpc) is 2.83. The van der Waals surface area contributed by atoms with Crippen LogP contribution in [0, 0.1) is 5.92 Å². The van der Waals surface area contributed by atoms with E-state index in [2.05, 4.69) is 10.3 Å². The number of para-hydroxylation sites is 2. The molecule has 0 bridgehead atoms. The van der Waals surface area contributed by atoms with Crippen molar-refractivity contribution < 1.29 is 9.53 Å². The van der Waals surface area contributed by atoms with E-state index in [1.807, 2.05) is 60.4 Å². The van der Waals surface area contributed by atoms with Crippen molar-refractivity contribution in [3.63, 3.8) is 0 Å². The summed E-state index contributed by atoms with van der Waals surface area (Å²) in [4.78, 5) is 32.1. The summed E-state index contributed by atoms with van der Waals surface area (Å²) in [5.41, 5.74) is 2.70. The molecular weight excluding hydrogens is 404 g/mol. The lowest BCUT2D eigenvalue weighted by molar-refractivity contribution is -0.125. The summed E-state index contributed by atoms with van der Waals surface area (Å²) >= 11 is 0. The first-order valence-corrected chi connectivity index (χ1v) is 11.3. The highest BCUT2D eigenvalue weighted by molar-refractivity contribution is 5.79. The van der Waals surface area contributed by atoms with Crippen LogP contribution in [-0.4, -0.2) is 41.7 Å². The number of carbonyl (C=O) groups is 1. The highest BCUT2D eigenvalue weighted by Gasteiger charge is 2.27. The number of benzene rings is 2. The lowest BCUT2D eigenvalue weighted by atomic mass is 9.96. The predicted octanol–water partition coefficient (Wildman–Crippen LogP) is 2.91. The van der Waals surface area contributed by atoms with E-state index >= 15 is 0 Å². The summed E-state index contributed by atoms with van der Waals surface area (Å²) in [6, 6.07) is 15.6. The molecule has 1 aliphatic heterocycles. The maximum absolute atomic E-state index is 12.8. The van der Waals surface area contributed by atoms with Gasteiger partial charge in [-0.1, -0.05) is 24.3 Å². The summed E-state index contributed by atoms with van der Waals surface area (Å²) in [6.07, 6.45) is 2.22. The molecule has 0 spiro atoms. The van der Waals surface area contributed by atoms with E-state index in [9.17, 15) is 9.59 Å². The first-order chi connectivity index (χ1) is 15.6. The van der Waals surface area contributed by atoms with Crippen LogP contribution in [0.4, 0.5) is 5.82 Å². The van der Waals surface area contributed by atoms with Crippen molar-refractivity contribution in [2.75, 3.05) is 31.1 Å².